The summed E-state index contributed by atoms with van der Waals surface area (Å²) in [6.45, 7) is 0.0642. The van der Waals surface area contributed by atoms with Crippen molar-refractivity contribution in [2.45, 2.75) is 0 Å². The first kappa shape index (κ1) is 12.2. The summed E-state index contributed by atoms with van der Waals surface area (Å²) >= 11 is 0. The van der Waals surface area contributed by atoms with Crippen LogP contribution >= 0.6 is 0 Å². The van der Waals surface area contributed by atoms with Crippen molar-refractivity contribution in [1.82, 2.24) is 4.90 Å². The Morgan fingerprint density at radius 2 is 2.06 bits per heavy atom. The molecule has 1 aliphatic heterocycles. The molecule has 96 valence electrons. The van der Waals surface area contributed by atoms with Crippen molar-refractivity contribution in [3.05, 3.63) is 23.8 Å². The number of carbonyl (C=O) groups excluding carboxylic acids is 2. The number of hydrogen-bond acceptors (Lipinski definition) is 5. The van der Waals surface area contributed by atoms with E-state index in [2.05, 4.69) is 4.74 Å². The largest absolute Gasteiger partial charge is 0.468 e. The fourth-order valence-corrected chi connectivity index (χ4v) is 1.58. The standard InChI is InChI=1S/C12H13NO5/c1-13(6-11(14)16-2)12(15)8-3-4-9-10(5-8)18-7-17-9/h3-5H,6-7H2,1-2H3. The van der Waals surface area contributed by atoms with Crippen LogP contribution in [-0.4, -0.2) is 44.3 Å². The molecule has 0 aromatic heterocycles. The van der Waals surface area contributed by atoms with Crippen LogP contribution in [0.5, 0.6) is 11.5 Å². The lowest BCUT2D eigenvalue weighted by molar-refractivity contribution is -0.141. The molecule has 0 saturated carbocycles. The number of rotatable bonds is 3. The Morgan fingerprint density at radius 1 is 1.33 bits per heavy atom. The van der Waals surface area contributed by atoms with Crippen LogP contribution < -0.4 is 9.47 Å². The minimum atomic E-state index is -0.466. The summed E-state index contributed by atoms with van der Waals surface area (Å²) in [5.74, 6) is 0.403. The first-order valence-electron chi connectivity index (χ1n) is 5.33. The zero-order valence-corrected chi connectivity index (χ0v) is 10.1. The molecule has 0 aliphatic carbocycles. The summed E-state index contributed by atoms with van der Waals surface area (Å²) in [6.07, 6.45) is 0. The molecule has 0 saturated heterocycles. The van der Waals surface area contributed by atoms with Crippen molar-refractivity contribution in [2.24, 2.45) is 0 Å². The number of ether oxygens (including phenoxy) is 3. The van der Waals surface area contributed by atoms with Gasteiger partial charge in [-0.15, -0.1) is 0 Å². The molecule has 1 aromatic rings. The van der Waals surface area contributed by atoms with E-state index < -0.39 is 5.97 Å². The van der Waals surface area contributed by atoms with Crippen molar-refractivity contribution >= 4 is 11.9 Å². The molecule has 0 unspecified atom stereocenters. The highest BCUT2D eigenvalue weighted by Gasteiger charge is 2.19. The normalized spacial score (nSPS) is 12.1. The maximum atomic E-state index is 12.0. The number of fused-ring (bicyclic) bond motifs is 1. The lowest BCUT2D eigenvalue weighted by Gasteiger charge is -2.15. The van der Waals surface area contributed by atoms with Crippen LogP contribution in [-0.2, 0) is 9.53 Å². The first-order valence-corrected chi connectivity index (χ1v) is 5.33. The van der Waals surface area contributed by atoms with Crippen LogP contribution in [0, 0.1) is 0 Å². The molecule has 0 bridgehead atoms. The summed E-state index contributed by atoms with van der Waals surface area (Å²) in [5.41, 5.74) is 0.436. The van der Waals surface area contributed by atoms with Crippen molar-refractivity contribution < 1.29 is 23.8 Å². The molecule has 6 nitrogen and oxygen atoms in total. The minimum absolute atomic E-state index is 0.0935. The number of amides is 1. The summed E-state index contributed by atoms with van der Waals surface area (Å²) in [6, 6.07) is 4.89. The predicted molar refractivity (Wildman–Crippen MR) is 61.5 cm³/mol. The van der Waals surface area contributed by atoms with E-state index in [1.165, 1.54) is 19.1 Å². The molecule has 1 heterocycles. The van der Waals surface area contributed by atoms with Crippen LogP contribution in [0.1, 0.15) is 10.4 Å². The molecule has 1 aliphatic rings. The third-order valence-electron chi connectivity index (χ3n) is 2.56. The van der Waals surface area contributed by atoms with Gasteiger partial charge in [-0.05, 0) is 18.2 Å². The molecule has 0 N–H and O–H groups in total. The molecule has 1 amide bonds. The zero-order valence-electron chi connectivity index (χ0n) is 10.1. The minimum Gasteiger partial charge on any atom is -0.468 e. The topological polar surface area (TPSA) is 65.1 Å². The smallest absolute Gasteiger partial charge is 0.325 e. The average molecular weight is 251 g/mol. The second-order valence-corrected chi connectivity index (χ2v) is 3.81. The third kappa shape index (κ3) is 2.37. The molecular weight excluding hydrogens is 238 g/mol. The fraction of sp³-hybridized carbons (Fsp3) is 0.333. The molecule has 1 aromatic carbocycles. The fourth-order valence-electron chi connectivity index (χ4n) is 1.58. The van der Waals surface area contributed by atoms with Gasteiger partial charge in [0.1, 0.15) is 6.54 Å². The van der Waals surface area contributed by atoms with Gasteiger partial charge < -0.3 is 19.1 Å². The predicted octanol–water partition coefficient (Wildman–Crippen LogP) is 0.660. The summed E-state index contributed by atoms with van der Waals surface area (Å²) in [4.78, 5) is 24.4. The number of hydrogen-bond donors (Lipinski definition) is 0. The van der Waals surface area contributed by atoms with Gasteiger partial charge >= 0.3 is 5.97 Å². The molecule has 0 fully saturated rings. The van der Waals surface area contributed by atoms with Gasteiger partial charge in [0, 0.05) is 12.6 Å². The third-order valence-corrected chi connectivity index (χ3v) is 2.56. The zero-order chi connectivity index (χ0) is 13.1. The van der Waals surface area contributed by atoms with Gasteiger partial charge in [-0.25, -0.2) is 0 Å². The van der Waals surface area contributed by atoms with E-state index in [0.717, 1.165) is 0 Å². The second-order valence-electron chi connectivity index (χ2n) is 3.81. The van der Waals surface area contributed by atoms with Gasteiger partial charge in [-0.2, -0.15) is 0 Å². The SMILES string of the molecule is COC(=O)CN(C)C(=O)c1ccc2c(c1)OCO2. The Hall–Kier alpha value is -2.24. The summed E-state index contributed by atoms with van der Waals surface area (Å²) in [5, 5.41) is 0. The van der Waals surface area contributed by atoms with Crippen LogP contribution in [0.3, 0.4) is 0 Å². The Bertz CT molecular complexity index is 485. The molecule has 6 heteroatoms. The number of esters is 1. The Morgan fingerprint density at radius 3 is 2.78 bits per heavy atom. The lowest BCUT2D eigenvalue weighted by atomic mass is 10.2. The van der Waals surface area contributed by atoms with Gasteiger partial charge in [-0.1, -0.05) is 0 Å². The first-order chi connectivity index (χ1) is 8.61. The Kier molecular flexibility index (Phi) is 3.36. The van der Waals surface area contributed by atoms with Gasteiger partial charge in [-0.3, -0.25) is 9.59 Å². The Balaban J connectivity index is 2.11. The molecule has 2 rings (SSSR count). The maximum Gasteiger partial charge on any atom is 0.325 e. The lowest BCUT2D eigenvalue weighted by Crippen LogP contribution is -2.32. The van der Waals surface area contributed by atoms with E-state index in [9.17, 15) is 9.59 Å². The van der Waals surface area contributed by atoms with Crippen molar-refractivity contribution in [3.63, 3.8) is 0 Å². The van der Waals surface area contributed by atoms with Gasteiger partial charge in [0.2, 0.25) is 6.79 Å². The van der Waals surface area contributed by atoms with Crippen molar-refractivity contribution in [3.8, 4) is 11.5 Å². The molecule has 0 atom stereocenters. The number of methoxy groups -OCH3 is 1. The second kappa shape index (κ2) is 4.95. The van der Waals surface area contributed by atoms with E-state index in [1.807, 2.05) is 0 Å². The highest BCUT2D eigenvalue weighted by molar-refractivity contribution is 5.96. The van der Waals surface area contributed by atoms with E-state index in [1.54, 1.807) is 18.2 Å². The maximum absolute atomic E-state index is 12.0. The van der Waals surface area contributed by atoms with Crippen LogP contribution in [0.15, 0.2) is 18.2 Å². The molecule has 0 spiro atoms. The van der Waals surface area contributed by atoms with Crippen LogP contribution in [0.25, 0.3) is 0 Å². The highest BCUT2D eigenvalue weighted by atomic mass is 16.7. The van der Waals surface area contributed by atoms with Crippen LogP contribution in [0.2, 0.25) is 0 Å². The number of likely N-dealkylation sites (N-methyl/N-ethyl adjacent to an activating group) is 1. The van der Waals surface area contributed by atoms with E-state index in [0.29, 0.717) is 17.1 Å². The Labute approximate surface area is 104 Å². The molecule has 18 heavy (non-hydrogen) atoms. The van der Waals surface area contributed by atoms with E-state index in [4.69, 9.17) is 9.47 Å². The van der Waals surface area contributed by atoms with Crippen LogP contribution in [0.4, 0.5) is 0 Å². The highest BCUT2D eigenvalue weighted by Crippen LogP contribution is 2.32. The molecular formula is C12H13NO5. The number of nitrogens with zero attached hydrogens (tertiary/aromatic N) is 1. The van der Waals surface area contributed by atoms with E-state index >= 15 is 0 Å². The monoisotopic (exact) mass is 251 g/mol. The average Bonchev–Trinajstić information content (AvgIpc) is 2.84. The van der Waals surface area contributed by atoms with Crippen molar-refractivity contribution in [1.29, 1.82) is 0 Å². The number of benzene rings is 1. The van der Waals surface area contributed by atoms with Gasteiger partial charge in [0.15, 0.2) is 11.5 Å². The van der Waals surface area contributed by atoms with Crippen molar-refractivity contribution in [2.75, 3.05) is 27.5 Å². The van der Waals surface area contributed by atoms with Gasteiger partial charge in [0.25, 0.3) is 5.91 Å². The quantitative estimate of drug-likeness (QED) is 0.738. The van der Waals surface area contributed by atoms with E-state index in [-0.39, 0.29) is 19.2 Å². The summed E-state index contributed by atoms with van der Waals surface area (Å²) < 4.78 is 14.8. The molecule has 0 radical (unpaired) electrons. The number of carbonyl (C=O) groups is 2. The van der Waals surface area contributed by atoms with Gasteiger partial charge in [0.05, 0.1) is 7.11 Å². The summed E-state index contributed by atoms with van der Waals surface area (Å²) in [7, 11) is 2.81.